The molecular formula is C16H29ClN2O. The van der Waals surface area contributed by atoms with Crippen molar-refractivity contribution in [3.63, 3.8) is 0 Å². The van der Waals surface area contributed by atoms with Gasteiger partial charge in [-0.15, -0.1) is 12.4 Å². The van der Waals surface area contributed by atoms with Crippen LogP contribution in [0.15, 0.2) is 0 Å². The molecule has 0 spiro atoms. The van der Waals surface area contributed by atoms with Crippen LogP contribution >= 0.6 is 12.4 Å². The minimum Gasteiger partial charge on any atom is -0.352 e. The fourth-order valence-corrected chi connectivity index (χ4v) is 4.63. The number of hydrogen-bond acceptors (Lipinski definition) is 2. The van der Waals surface area contributed by atoms with Crippen molar-refractivity contribution in [2.24, 2.45) is 17.8 Å². The Labute approximate surface area is 129 Å². The summed E-state index contributed by atoms with van der Waals surface area (Å²) in [5.41, 5.74) is -0.329. The number of piperidine rings is 1. The molecule has 116 valence electrons. The van der Waals surface area contributed by atoms with Crippen LogP contribution in [0.4, 0.5) is 0 Å². The normalized spacial score (nSPS) is 41.0. The zero-order valence-electron chi connectivity index (χ0n) is 12.8. The van der Waals surface area contributed by atoms with Crippen LogP contribution in [0.1, 0.15) is 58.8 Å². The molecule has 1 amide bonds. The van der Waals surface area contributed by atoms with E-state index in [-0.39, 0.29) is 23.9 Å². The minimum absolute atomic E-state index is 0. The summed E-state index contributed by atoms with van der Waals surface area (Å²) in [5, 5.41) is 6.73. The Morgan fingerprint density at radius 2 is 2.10 bits per heavy atom. The number of carbonyl (C=O) groups is 1. The van der Waals surface area contributed by atoms with Gasteiger partial charge in [0, 0.05) is 6.04 Å². The van der Waals surface area contributed by atoms with Crippen molar-refractivity contribution in [1.29, 1.82) is 0 Å². The first kappa shape index (κ1) is 16.1. The number of carbonyl (C=O) groups excluding carboxylic acids is 1. The third kappa shape index (κ3) is 2.99. The van der Waals surface area contributed by atoms with E-state index in [1.165, 1.54) is 38.5 Å². The Morgan fingerprint density at radius 1 is 1.30 bits per heavy atom. The Morgan fingerprint density at radius 3 is 2.65 bits per heavy atom. The van der Waals surface area contributed by atoms with Crippen LogP contribution in [0, 0.1) is 17.8 Å². The summed E-state index contributed by atoms with van der Waals surface area (Å²) in [6.07, 6.45) is 8.93. The average Bonchev–Trinajstić information content (AvgIpc) is 3.01. The average molecular weight is 301 g/mol. The minimum atomic E-state index is -0.329. The van der Waals surface area contributed by atoms with E-state index >= 15 is 0 Å². The van der Waals surface area contributed by atoms with Gasteiger partial charge in [0.1, 0.15) is 0 Å². The second kappa shape index (κ2) is 6.23. The summed E-state index contributed by atoms with van der Waals surface area (Å²) in [5.74, 6) is 2.79. The van der Waals surface area contributed by atoms with E-state index < -0.39 is 0 Å². The standard InChI is InChI=1S/C16H28N2O.ClH/c1-11(14-10-12-5-6-13(14)9-12)18-15(19)16(2)7-3-4-8-17-16;/h11-14,17H,3-10H2,1-2H3,(H,18,19);1H. The molecule has 0 aromatic heterocycles. The monoisotopic (exact) mass is 300 g/mol. The highest BCUT2D eigenvalue weighted by Gasteiger charge is 2.43. The molecule has 5 atom stereocenters. The van der Waals surface area contributed by atoms with E-state index in [9.17, 15) is 4.79 Å². The molecule has 0 radical (unpaired) electrons. The quantitative estimate of drug-likeness (QED) is 0.841. The lowest BCUT2D eigenvalue weighted by Crippen LogP contribution is -2.59. The predicted molar refractivity (Wildman–Crippen MR) is 84.0 cm³/mol. The molecule has 1 saturated heterocycles. The van der Waals surface area contributed by atoms with Gasteiger partial charge in [0.2, 0.25) is 5.91 Å². The van der Waals surface area contributed by atoms with E-state index in [4.69, 9.17) is 0 Å². The highest BCUT2D eigenvalue weighted by atomic mass is 35.5. The molecule has 2 N–H and O–H groups in total. The van der Waals surface area contributed by atoms with E-state index in [0.717, 1.165) is 30.7 Å². The summed E-state index contributed by atoms with van der Waals surface area (Å²) in [4.78, 5) is 12.5. The lowest BCUT2D eigenvalue weighted by atomic mass is 9.83. The Bertz CT molecular complexity index is 354. The van der Waals surface area contributed by atoms with E-state index in [1.807, 2.05) is 0 Å². The predicted octanol–water partition coefficient (Wildman–Crippen LogP) is 2.88. The molecule has 1 aliphatic heterocycles. The molecular weight excluding hydrogens is 272 g/mol. The first-order chi connectivity index (χ1) is 9.08. The summed E-state index contributed by atoms with van der Waals surface area (Å²) < 4.78 is 0. The van der Waals surface area contributed by atoms with Crippen LogP contribution in [0.3, 0.4) is 0 Å². The molecule has 3 aliphatic rings. The topological polar surface area (TPSA) is 41.1 Å². The fraction of sp³-hybridized carbons (Fsp3) is 0.938. The second-order valence-electron chi connectivity index (χ2n) is 7.32. The van der Waals surface area contributed by atoms with Gasteiger partial charge in [0.25, 0.3) is 0 Å². The Kier molecular flexibility index (Phi) is 5.01. The number of fused-ring (bicyclic) bond motifs is 2. The molecule has 5 unspecified atom stereocenters. The number of rotatable bonds is 3. The van der Waals surface area contributed by atoms with Gasteiger partial charge >= 0.3 is 0 Å². The molecule has 4 heteroatoms. The lowest BCUT2D eigenvalue weighted by Gasteiger charge is -2.36. The number of amides is 1. The first-order valence-corrected chi connectivity index (χ1v) is 8.14. The molecule has 3 rings (SSSR count). The number of nitrogens with one attached hydrogen (secondary N) is 2. The van der Waals surface area contributed by atoms with Crippen molar-refractivity contribution < 1.29 is 4.79 Å². The van der Waals surface area contributed by atoms with E-state index in [0.29, 0.717) is 6.04 Å². The molecule has 1 heterocycles. The van der Waals surface area contributed by atoms with Crippen LogP contribution in [0.5, 0.6) is 0 Å². The third-order valence-corrected chi connectivity index (χ3v) is 5.91. The van der Waals surface area contributed by atoms with Gasteiger partial charge in [-0.25, -0.2) is 0 Å². The smallest absolute Gasteiger partial charge is 0.240 e. The molecule has 3 fully saturated rings. The van der Waals surface area contributed by atoms with Crippen molar-refractivity contribution in [2.75, 3.05) is 6.54 Å². The van der Waals surface area contributed by atoms with Crippen molar-refractivity contribution in [3.05, 3.63) is 0 Å². The Balaban J connectivity index is 0.00000147. The maximum Gasteiger partial charge on any atom is 0.240 e. The Hall–Kier alpha value is -0.280. The molecule has 2 saturated carbocycles. The zero-order chi connectivity index (χ0) is 13.5. The molecule has 2 aliphatic carbocycles. The molecule has 20 heavy (non-hydrogen) atoms. The molecule has 3 nitrogen and oxygen atoms in total. The summed E-state index contributed by atoms with van der Waals surface area (Å²) in [7, 11) is 0. The largest absolute Gasteiger partial charge is 0.352 e. The number of hydrogen-bond donors (Lipinski definition) is 2. The van der Waals surface area contributed by atoms with Crippen molar-refractivity contribution in [1.82, 2.24) is 10.6 Å². The van der Waals surface area contributed by atoms with Crippen LogP contribution < -0.4 is 10.6 Å². The van der Waals surface area contributed by atoms with Crippen LogP contribution in [0.25, 0.3) is 0 Å². The van der Waals surface area contributed by atoms with Crippen LogP contribution in [-0.2, 0) is 4.79 Å². The van der Waals surface area contributed by atoms with Gasteiger partial charge in [-0.05, 0) is 76.7 Å². The van der Waals surface area contributed by atoms with Gasteiger partial charge in [-0.1, -0.05) is 6.42 Å². The fourth-order valence-electron chi connectivity index (χ4n) is 4.63. The first-order valence-electron chi connectivity index (χ1n) is 8.14. The molecule has 2 bridgehead atoms. The van der Waals surface area contributed by atoms with E-state index in [2.05, 4.69) is 24.5 Å². The van der Waals surface area contributed by atoms with Gasteiger partial charge in [0.15, 0.2) is 0 Å². The van der Waals surface area contributed by atoms with Gasteiger partial charge in [-0.3, -0.25) is 4.79 Å². The van der Waals surface area contributed by atoms with Gasteiger partial charge in [-0.2, -0.15) is 0 Å². The maximum absolute atomic E-state index is 12.5. The van der Waals surface area contributed by atoms with Crippen molar-refractivity contribution >= 4 is 18.3 Å². The molecule has 0 aromatic rings. The van der Waals surface area contributed by atoms with Crippen LogP contribution in [0.2, 0.25) is 0 Å². The second-order valence-corrected chi connectivity index (χ2v) is 7.32. The van der Waals surface area contributed by atoms with Crippen molar-refractivity contribution in [3.8, 4) is 0 Å². The summed E-state index contributed by atoms with van der Waals surface area (Å²) >= 11 is 0. The highest BCUT2D eigenvalue weighted by Crippen LogP contribution is 2.49. The lowest BCUT2D eigenvalue weighted by molar-refractivity contribution is -0.129. The SMILES string of the molecule is CC(NC(=O)C1(C)CCCCN1)C1CC2CCC1C2.Cl. The van der Waals surface area contributed by atoms with Crippen LogP contribution in [-0.4, -0.2) is 24.0 Å². The van der Waals surface area contributed by atoms with Gasteiger partial charge < -0.3 is 10.6 Å². The van der Waals surface area contributed by atoms with Crippen molar-refractivity contribution in [2.45, 2.75) is 70.4 Å². The molecule has 0 aromatic carbocycles. The highest BCUT2D eigenvalue weighted by molar-refractivity contribution is 5.86. The van der Waals surface area contributed by atoms with Gasteiger partial charge in [0.05, 0.1) is 5.54 Å². The number of halogens is 1. The maximum atomic E-state index is 12.5. The zero-order valence-corrected chi connectivity index (χ0v) is 13.6. The summed E-state index contributed by atoms with van der Waals surface area (Å²) in [6.45, 7) is 5.26. The third-order valence-electron chi connectivity index (χ3n) is 5.91. The van der Waals surface area contributed by atoms with E-state index in [1.54, 1.807) is 0 Å². The summed E-state index contributed by atoms with van der Waals surface area (Å²) in [6, 6.07) is 0.350.